The molecule has 3 N–H and O–H groups in total. The second-order valence-corrected chi connectivity index (χ2v) is 11.7. The molecule has 10 nitrogen and oxygen atoms in total. The summed E-state index contributed by atoms with van der Waals surface area (Å²) >= 11 is 0. The Kier molecular flexibility index (Phi) is 7.73. The Hall–Kier alpha value is -7.20. The Morgan fingerprint density at radius 1 is 0.627 bits per heavy atom. The summed E-state index contributed by atoms with van der Waals surface area (Å²) in [6, 6.07) is 36.0. The summed E-state index contributed by atoms with van der Waals surface area (Å²) in [7, 11) is 0. The Balaban J connectivity index is 1.28. The average Bonchev–Trinajstić information content (AvgIpc) is 3.79. The quantitative estimate of drug-likeness (QED) is 0.127. The summed E-state index contributed by atoms with van der Waals surface area (Å²) in [5, 5.41) is 31.3. The van der Waals surface area contributed by atoms with E-state index < -0.39 is 24.1 Å². The summed E-state index contributed by atoms with van der Waals surface area (Å²) in [5.41, 5.74) is 5.68. The molecule has 0 aliphatic heterocycles. The largest absolute Gasteiger partial charge is 0.508 e. The number of aliphatic carboxylic acids is 1. The van der Waals surface area contributed by atoms with Crippen LogP contribution in [-0.4, -0.2) is 43.6 Å². The highest BCUT2D eigenvalue weighted by Gasteiger charge is 2.26. The molecule has 0 spiro atoms. The maximum absolute atomic E-state index is 14.0. The van der Waals surface area contributed by atoms with Crippen LogP contribution in [0.1, 0.15) is 15.9 Å². The number of hydrogen-bond acceptors (Lipinski definition) is 9. The Bertz CT molecular complexity index is 2520. The molecule has 8 rings (SSSR count). The van der Waals surface area contributed by atoms with Gasteiger partial charge in [-0.05, 0) is 90.0 Å². The number of aromatic hydroxyl groups is 2. The molecule has 8 aromatic rings. The molecule has 0 fully saturated rings. The number of carbonyl (C=O) groups excluding carboxylic acids is 1. The van der Waals surface area contributed by atoms with Crippen LogP contribution < -0.4 is 4.74 Å². The fourth-order valence-corrected chi connectivity index (χ4v) is 5.93. The highest BCUT2D eigenvalue weighted by atomic mass is 16.5. The molecule has 0 aliphatic rings. The first kappa shape index (κ1) is 31.1. The van der Waals surface area contributed by atoms with Gasteiger partial charge in [0.25, 0.3) is 0 Å². The lowest BCUT2D eigenvalue weighted by molar-refractivity contribution is -0.139. The van der Waals surface area contributed by atoms with Crippen LogP contribution in [0.5, 0.6) is 17.2 Å². The number of carbonyl (C=O) groups is 2. The van der Waals surface area contributed by atoms with Gasteiger partial charge in [-0.15, -0.1) is 0 Å². The van der Waals surface area contributed by atoms with E-state index in [9.17, 15) is 24.9 Å². The van der Waals surface area contributed by atoms with Crippen LogP contribution in [0.3, 0.4) is 0 Å². The molecule has 0 saturated heterocycles. The third kappa shape index (κ3) is 5.91. The zero-order valence-corrected chi connectivity index (χ0v) is 26.6. The second kappa shape index (κ2) is 12.7. The number of rotatable bonds is 9. The zero-order valence-electron chi connectivity index (χ0n) is 26.6. The van der Waals surface area contributed by atoms with Crippen molar-refractivity contribution in [2.45, 2.75) is 0 Å². The molecule has 2 aromatic heterocycles. The molecule has 0 radical (unpaired) electrons. The van der Waals surface area contributed by atoms with Crippen LogP contribution >= 0.6 is 0 Å². The first-order chi connectivity index (χ1) is 24.8. The number of ether oxygens (including phenoxy) is 1. The van der Waals surface area contributed by atoms with Gasteiger partial charge in [-0.3, -0.25) is 4.79 Å². The van der Waals surface area contributed by atoms with Crippen LogP contribution in [-0.2, 0) is 4.79 Å². The molecule has 6 aromatic carbocycles. The molecule has 0 saturated carbocycles. The third-order valence-electron chi connectivity index (χ3n) is 8.42. The fourth-order valence-electron chi connectivity index (χ4n) is 5.93. The first-order valence-corrected chi connectivity index (χ1v) is 15.8. The topological polar surface area (TPSA) is 156 Å². The van der Waals surface area contributed by atoms with Crippen LogP contribution in [0, 0.1) is 0 Å². The van der Waals surface area contributed by atoms with Crippen molar-refractivity contribution in [1.29, 1.82) is 0 Å². The average molecular weight is 675 g/mol. The monoisotopic (exact) mass is 674 g/mol. The van der Waals surface area contributed by atoms with Crippen molar-refractivity contribution in [2.75, 3.05) is 6.61 Å². The van der Waals surface area contributed by atoms with E-state index in [4.69, 9.17) is 13.6 Å². The number of phenolic OH excluding ortho intramolecular Hbond substituents is 2. The highest BCUT2D eigenvalue weighted by Crippen LogP contribution is 2.48. The van der Waals surface area contributed by atoms with Crippen LogP contribution in [0.25, 0.3) is 67.4 Å². The number of para-hydroxylation sites is 4. The van der Waals surface area contributed by atoms with Gasteiger partial charge in [0.2, 0.25) is 11.8 Å². The zero-order chi connectivity index (χ0) is 35.1. The minimum absolute atomic E-state index is 0.0207. The predicted octanol–water partition coefficient (Wildman–Crippen LogP) is 8.74. The number of carboxylic acid groups (broad SMARTS) is 1. The maximum Gasteiger partial charge on any atom is 0.341 e. The number of phenols is 2. The molecule has 0 unspecified atom stereocenters. The summed E-state index contributed by atoms with van der Waals surface area (Å²) in [4.78, 5) is 34.9. The first-order valence-electron chi connectivity index (χ1n) is 15.8. The third-order valence-corrected chi connectivity index (χ3v) is 8.42. The smallest absolute Gasteiger partial charge is 0.341 e. The normalized spacial score (nSPS) is 11.2. The number of hydrogen-bond donors (Lipinski definition) is 3. The molecule has 0 amide bonds. The predicted molar refractivity (Wildman–Crippen MR) is 190 cm³/mol. The standard InChI is InChI=1S/C41H26N2O8/c44-28-19-17-25(18-20-28)37(47)30-21-29(23-9-13-26(14-10-23)40-42-31-5-1-3-7-33(31)50-40)39(49-22-35(45)46)36(38(30)48)24-11-15-27(16-12-24)41-43-32-6-2-4-8-34(32)51-41/h1-21,44,48H,22H2,(H,45,46). The number of benzene rings is 6. The second-order valence-electron chi connectivity index (χ2n) is 11.7. The number of carboxylic acids is 1. The Morgan fingerprint density at radius 3 is 1.67 bits per heavy atom. The number of ketones is 1. The lowest BCUT2D eigenvalue weighted by atomic mass is 9.89. The van der Waals surface area contributed by atoms with Gasteiger partial charge in [0.1, 0.15) is 28.3 Å². The number of fused-ring (bicyclic) bond motifs is 2. The van der Waals surface area contributed by atoms with E-state index in [-0.39, 0.29) is 28.2 Å². The lowest BCUT2D eigenvalue weighted by Gasteiger charge is -2.20. The maximum atomic E-state index is 14.0. The fraction of sp³-hybridized carbons (Fsp3) is 0.0244. The van der Waals surface area contributed by atoms with Crippen molar-refractivity contribution < 1.29 is 38.5 Å². The lowest BCUT2D eigenvalue weighted by Crippen LogP contribution is -2.12. The van der Waals surface area contributed by atoms with Crippen LogP contribution in [0.2, 0.25) is 0 Å². The van der Waals surface area contributed by atoms with Gasteiger partial charge in [-0.1, -0.05) is 48.5 Å². The molecule has 0 bridgehead atoms. The summed E-state index contributed by atoms with van der Waals surface area (Å²) < 4.78 is 17.8. The van der Waals surface area contributed by atoms with Gasteiger partial charge in [-0.25, -0.2) is 14.8 Å². The SMILES string of the molecule is O=C(O)COc1c(-c2ccc(-c3nc4ccccc4o3)cc2)cc(C(=O)c2ccc(O)cc2)c(O)c1-c1ccc(-c2nc3ccccc3o2)cc1. The summed E-state index contributed by atoms with van der Waals surface area (Å²) in [6.07, 6.45) is 0. The van der Waals surface area contributed by atoms with Gasteiger partial charge in [0.15, 0.2) is 23.6 Å². The number of aromatic nitrogens is 2. The van der Waals surface area contributed by atoms with Gasteiger partial charge in [-0.2, -0.15) is 0 Å². The summed E-state index contributed by atoms with van der Waals surface area (Å²) in [5.74, 6) is -1.31. The van der Waals surface area contributed by atoms with Gasteiger partial charge in [0.05, 0.1) is 11.1 Å². The Morgan fingerprint density at radius 2 is 1.14 bits per heavy atom. The van der Waals surface area contributed by atoms with E-state index >= 15 is 0 Å². The molecule has 0 aliphatic carbocycles. The van der Waals surface area contributed by atoms with Crippen molar-refractivity contribution in [3.05, 3.63) is 139 Å². The van der Waals surface area contributed by atoms with Crippen LogP contribution in [0.4, 0.5) is 0 Å². The van der Waals surface area contributed by atoms with Crippen molar-refractivity contribution in [3.8, 4) is 62.4 Å². The molecule has 0 atom stereocenters. The van der Waals surface area contributed by atoms with E-state index in [1.54, 1.807) is 48.5 Å². The van der Waals surface area contributed by atoms with E-state index in [0.29, 0.717) is 61.8 Å². The van der Waals surface area contributed by atoms with Crippen molar-refractivity contribution in [1.82, 2.24) is 9.97 Å². The molecular formula is C41H26N2O8. The molecule has 248 valence electrons. The highest BCUT2D eigenvalue weighted by molar-refractivity contribution is 6.13. The van der Waals surface area contributed by atoms with Crippen LogP contribution in [0.15, 0.2) is 136 Å². The number of oxazole rings is 2. The summed E-state index contributed by atoms with van der Waals surface area (Å²) in [6.45, 7) is -0.716. The van der Waals surface area contributed by atoms with Crippen molar-refractivity contribution >= 4 is 34.0 Å². The van der Waals surface area contributed by atoms with E-state index in [1.165, 1.54) is 30.3 Å². The van der Waals surface area contributed by atoms with E-state index in [1.807, 2.05) is 48.5 Å². The van der Waals surface area contributed by atoms with Gasteiger partial charge in [0, 0.05) is 22.3 Å². The molecule has 2 heterocycles. The van der Waals surface area contributed by atoms with E-state index in [0.717, 1.165) is 0 Å². The number of nitrogens with zero attached hydrogens (tertiary/aromatic N) is 2. The van der Waals surface area contributed by atoms with Gasteiger partial charge >= 0.3 is 5.97 Å². The molecular weight excluding hydrogens is 648 g/mol. The minimum Gasteiger partial charge on any atom is -0.508 e. The van der Waals surface area contributed by atoms with Crippen molar-refractivity contribution in [3.63, 3.8) is 0 Å². The van der Waals surface area contributed by atoms with E-state index in [2.05, 4.69) is 9.97 Å². The molecule has 10 heteroatoms. The molecule has 51 heavy (non-hydrogen) atoms. The van der Waals surface area contributed by atoms with Crippen molar-refractivity contribution in [2.24, 2.45) is 0 Å². The minimum atomic E-state index is -1.23. The Labute approximate surface area is 289 Å². The van der Waals surface area contributed by atoms with Gasteiger partial charge < -0.3 is 28.9 Å².